The molecular weight excluding hydrogens is 363 g/mol. The molecule has 1 aliphatic heterocycles. The molecule has 0 saturated carbocycles. The van der Waals surface area contributed by atoms with Crippen LogP contribution in [0.5, 0.6) is 0 Å². The van der Waals surface area contributed by atoms with Crippen molar-refractivity contribution in [3.63, 3.8) is 0 Å². The topological polar surface area (TPSA) is 42.4 Å². The number of hydrogen-bond acceptors (Lipinski definition) is 4. The molecule has 1 saturated heterocycles. The van der Waals surface area contributed by atoms with Crippen LogP contribution in [-0.4, -0.2) is 30.1 Å². The van der Waals surface area contributed by atoms with E-state index in [1.807, 2.05) is 6.92 Å². The predicted molar refractivity (Wildman–Crippen MR) is 106 cm³/mol. The Labute approximate surface area is 161 Å². The zero-order valence-electron chi connectivity index (χ0n) is 15.4. The number of thiazole rings is 1. The highest BCUT2D eigenvalue weighted by Crippen LogP contribution is 2.33. The fraction of sp³-hybridized carbons (Fsp3) is 0.333. The van der Waals surface area contributed by atoms with Crippen molar-refractivity contribution in [2.45, 2.75) is 32.8 Å². The standard InChI is InChI=1S/C21H21FN2O2S/c1-13-10-14(2)19-18(11-13)27-21(23-19)24(12-17-4-3-9-26-17)20(25)15-5-7-16(22)8-6-15/h5-8,10-11,17H,3-4,9,12H2,1-2H3. The van der Waals surface area contributed by atoms with Crippen LogP contribution < -0.4 is 4.90 Å². The Morgan fingerprint density at radius 1 is 1.30 bits per heavy atom. The maximum absolute atomic E-state index is 13.3. The highest BCUT2D eigenvalue weighted by molar-refractivity contribution is 7.22. The normalized spacial score (nSPS) is 16.8. The Bertz CT molecular complexity index is 978. The Balaban J connectivity index is 1.74. The quantitative estimate of drug-likeness (QED) is 0.644. The maximum Gasteiger partial charge on any atom is 0.260 e. The van der Waals surface area contributed by atoms with Gasteiger partial charge in [-0.15, -0.1) is 0 Å². The van der Waals surface area contributed by atoms with Crippen LogP contribution in [0.25, 0.3) is 10.2 Å². The lowest BCUT2D eigenvalue weighted by atomic mass is 10.1. The molecule has 27 heavy (non-hydrogen) atoms. The van der Waals surface area contributed by atoms with Gasteiger partial charge in [-0.25, -0.2) is 9.37 Å². The van der Waals surface area contributed by atoms with Crippen molar-refractivity contribution in [2.75, 3.05) is 18.1 Å². The van der Waals surface area contributed by atoms with E-state index in [4.69, 9.17) is 9.72 Å². The number of carbonyl (C=O) groups excluding carboxylic acids is 1. The SMILES string of the molecule is Cc1cc(C)c2nc(N(CC3CCCO3)C(=O)c3ccc(F)cc3)sc2c1. The van der Waals surface area contributed by atoms with Crippen molar-refractivity contribution < 1.29 is 13.9 Å². The van der Waals surface area contributed by atoms with Gasteiger partial charge in [-0.05, 0) is 68.1 Å². The van der Waals surface area contributed by atoms with E-state index in [0.717, 1.165) is 35.2 Å². The van der Waals surface area contributed by atoms with E-state index in [2.05, 4.69) is 19.1 Å². The van der Waals surface area contributed by atoms with E-state index in [1.165, 1.54) is 41.2 Å². The van der Waals surface area contributed by atoms with E-state index in [1.54, 1.807) is 4.90 Å². The molecule has 6 heteroatoms. The van der Waals surface area contributed by atoms with Crippen molar-refractivity contribution in [2.24, 2.45) is 0 Å². The number of rotatable bonds is 4. The smallest absolute Gasteiger partial charge is 0.260 e. The summed E-state index contributed by atoms with van der Waals surface area (Å²) in [4.78, 5) is 19.6. The van der Waals surface area contributed by atoms with E-state index >= 15 is 0 Å². The van der Waals surface area contributed by atoms with Crippen molar-refractivity contribution in [3.8, 4) is 0 Å². The molecule has 1 atom stereocenters. The number of fused-ring (bicyclic) bond motifs is 1. The van der Waals surface area contributed by atoms with Crippen LogP contribution in [0.2, 0.25) is 0 Å². The lowest BCUT2D eigenvalue weighted by Gasteiger charge is -2.23. The molecule has 0 spiro atoms. The van der Waals surface area contributed by atoms with E-state index in [-0.39, 0.29) is 17.8 Å². The lowest BCUT2D eigenvalue weighted by Crippen LogP contribution is -2.37. The van der Waals surface area contributed by atoms with Crippen molar-refractivity contribution >= 4 is 32.6 Å². The number of halogens is 1. The first-order chi connectivity index (χ1) is 13.0. The molecule has 0 bridgehead atoms. The predicted octanol–water partition coefficient (Wildman–Crippen LogP) is 4.88. The van der Waals surface area contributed by atoms with Gasteiger partial charge in [0.1, 0.15) is 5.82 Å². The van der Waals surface area contributed by atoms with Crippen LogP contribution in [0.1, 0.15) is 34.3 Å². The minimum absolute atomic E-state index is 0.00393. The Morgan fingerprint density at radius 2 is 2.07 bits per heavy atom. The van der Waals surface area contributed by atoms with E-state index < -0.39 is 0 Å². The number of amides is 1. The van der Waals surface area contributed by atoms with Gasteiger partial charge < -0.3 is 4.74 Å². The van der Waals surface area contributed by atoms with Crippen molar-refractivity contribution in [3.05, 3.63) is 58.9 Å². The summed E-state index contributed by atoms with van der Waals surface area (Å²) in [6, 6.07) is 9.84. The first-order valence-electron chi connectivity index (χ1n) is 9.08. The lowest BCUT2D eigenvalue weighted by molar-refractivity contribution is 0.0917. The van der Waals surface area contributed by atoms with Gasteiger partial charge in [-0.3, -0.25) is 9.69 Å². The van der Waals surface area contributed by atoms with Crippen molar-refractivity contribution in [1.82, 2.24) is 4.98 Å². The fourth-order valence-electron chi connectivity index (χ4n) is 3.46. The van der Waals surface area contributed by atoms with Crippen LogP contribution >= 0.6 is 11.3 Å². The molecule has 1 aliphatic rings. The van der Waals surface area contributed by atoms with Crippen LogP contribution in [-0.2, 0) is 4.74 Å². The Morgan fingerprint density at radius 3 is 2.78 bits per heavy atom. The summed E-state index contributed by atoms with van der Waals surface area (Å²) in [7, 11) is 0. The fourth-order valence-corrected chi connectivity index (χ4v) is 4.61. The molecule has 2 heterocycles. The number of hydrogen-bond donors (Lipinski definition) is 0. The second kappa shape index (κ2) is 7.37. The highest BCUT2D eigenvalue weighted by atomic mass is 32.1. The molecule has 4 rings (SSSR count). The summed E-state index contributed by atoms with van der Waals surface area (Å²) in [5, 5.41) is 0.656. The average Bonchev–Trinajstić information content (AvgIpc) is 3.29. The molecule has 1 aromatic heterocycles. The first kappa shape index (κ1) is 18.1. The van der Waals surface area contributed by atoms with E-state index in [9.17, 15) is 9.18 Å². The third-order valence-corrected chi connectivity index (χ3v) is 5.82. The zero-order valence-corrected chi connectivity index (χ0v) is 16.2. The minimum atomic E-state index is -0.358. The summed E-state index contributed by atoms with van der Waals surface area (Å²) in [6.07, 6.45) is 1.93. The number of aromatic nitrogens is 1. The third-order valence-electron chi connectivity index (χ3n) is 4.80. The molecule has 0 N–H and O–H groups in total. The number of carbonyl (C=O) groups is 1. The van der Waals surface area contributed by atoms with Gasteiger partial charge in [0, 0.05) is 12.2 Å². The Kier molecular flexibility index (Phi) is 4.93. The molecule has 1 amide bonds. The second-order valence-electron chi connectivity index (χ2n) is 6.98. The molecule has 1 fully saturated rings. The highest BCUT2D eigenvalue weighted by Gasteiger charge is 2.27. The van der Waals surface area contributed by atoms with Crippen LogP contribution in [0.3, 0.4) is 0 Å². The zero-order chi connectivity index (χ0) is 19.0. The van der Waals surface area contributed by atoms with Crippen LogP contribution in [0.4, 0.5) is 9.52 Å². The van der Waals surface area contributed by atoms with Gasteiger partial charge in [0.25, 0.3) is 5.91 Å². The number of aryl methyl sites for hydroxylation is 2. The number of anilines is 1. The summed E-state index contributed by atoms with van der Waals surface area (Å²) in [5.41, 5.74) is 3.64. The largest absolute Gasteiger partial charge is 0.376 e. The minimum Gasteiger partial charge on any atom is -0.376 e. The van der Waals surface area contributed by atoms with Gasteiger partial charge in [0.2, 0.25) is 0 Å². The molecule has 1 unspecified atom stereocenters. The summed E-state index contributed by atoms with van der Waals surface area (Å²) < 4.78 is 20.1. The third kappa shape index (κ3) is 3.73. The average molecular weight is 384 g/mol. The van der Waals surface area contributed by atoms with Gasteiger partial charge in [0.15, 0.2) is 5.13 Å². The molecule has 140 valence electrons. The van der Waals surface area contributed by atoms with E-state index in [0.29, 0.717) is 17.2 Å². The molecule has 4 nitrogen and oxygen atoms in total. The Hall–Kier alpha value is -2.31. The van der Waals surface area contributed by atoms with Gasteiger partial charge >= 0.3 is 0 Å². The number of nitrogens with zero attached hydrogens (tertiary/aromatic N) is 2. The summed E-state index contributed by atoms with van der Waals surface area (Å²) >= 11 is 1.51. The van der Waals surface area contributed by atoms with Crippen LogP contribution in [0.15, 0.2) is 36.4 Å². The van der Waals surface area contributed by atoms with Crippen LogP contribution in [0, 0.1) is 19.7 Å². The monoisotopic (exact) mass is 384 g/mol. The molecule has 2 aromatic carbocycles. The van der Waals surface area contributed by atoms with Gasteiger partial charge in [-0.2, -0.15) is 0 Å². The summed E-state index contributed by atoms with van der Waals surface area (Å²) in [6.45, 7) is 5.26. The van der Waals surface area contributed by atoms with Gasteiger partial charge in [0.05, 0.1) is 22.9 Å². The number of ether oxygens (including phenoxy) is 1. The van der Waals surface area contributed by atoms with Gasteiger partial charge in [-0.1, -0.05) is 17.4 Å². The summed E-state index contributed by atoms with van der Waals surface area (Å²) in [5.74, 6) is -0.540. The molecular formula is C21H21FN2O2S. The van der Waals surface area contributed by atoms with Crippen molar-refractivity contribution in [1.29, 1.82) is 0 Å². The number of benzene rings is 2. The second-order valence-corrected chi connectivity index (χ2v) is 7.99. The molecule has 0 radical (unpaired) electrons. The maximum atomic E-state index is 13.3. The molecule has 3 aromatic rings. The first-order valence-corrected chi connectivity index (χ1v) is 9.90. The molecule has 0 aliphatic carbocycles.